The molecule has 0 bridgehead atoms. The number of rotatable bonds is 12. The fraction of sp³-hybridized carbons (Fsp3) is 0.956. The normalized spacial score (nSPS) is 45.5. The van der Waals surface area contributed by atoms with Crippen LogP contribution in [0, 0.1) is 23.7 Å². The van der Waals surface area contributed by atoms with Gasteiger partial charge in [-0.1, -0.05) is 27.7 Å². The second kappa shape index (κ2) is 21.7. The van der Waals surface area contributed by atoms with Crippen molar-refractivity contribution in [2.75, 3.05) is 74.8 Å². The number of ketones is 1. The molecule has 4 heterocycles. The summed E-state index contributed by atoms with van der Waals surface area (Å²) in [5.41, 5.74) is -4.18. The lowest BCUT2D eigenvalue weighted by molar-refractivity contribution is -0.315. The van der Waals surface area contributed by atoms with Crippen LogP contribution in [0.3, 0.4) is 0 Å². The van der Waals surface area contributed by atoms with Crippen molar-refractivity contribution in [2.24, 2.45) is 23.7 Å². The molecule has 0 radical (unpaired) electrons. The monoisotopic (exact) mass is 874 g/mol. The molecule has 4 fully saturated rings. The molecule has 0 amide bonds. The highest BCUT2D eigenvalue weighted by molar-refractivity contribution is 5.83. The number of morpholine rings is 1. The number of hydrogen-bond acceptors (Lipinski definition) is 16. The molecule has 0 spiro atoms. The lowest BCUT2D eigenvalue weighted by Crippen LogP contribution is -2.66. The molecule has 4 aliphatic rings. The molecule has 4 aliphatic heterocycles. The van der Waals surface area contributed by atoms with Crippen LogP contribution in [0.4, 0.5) is 0 Å². The molecule has 0 aromatic heterocycles. The van der Waals surface area contributed by atoms with E-state index in [0.29, 0.717) is 13.2 Å². The van der Waals surface area contributed by atoms with E-state index in [1.165, 1.54) is 14.0 Å². The van der Waals surface area contributed by atoms with Gasteiger partial charge < -0.3 is 58.1 Å². The molecular formula is C45H83N3O13. The Morgan fingerprint density at radius 1 is 0.836 bits per heavy atom. The van der Waals surface area contributed by atoms with Crippen molar-refractivity contribution in [2.45, 2.75) is 179 Å². The van der Waals surface area contributed by atoms with Crippen LogP contribution in [0.1, 0.15) is 94.9 Å². The Hall–Kier alpha value is -1.38. The van der Waals surface area contributed by atoms with Crippen molar-refractivity contribution in [1.82, 2.24) is 14.7 Å². The second-order valence-electron chi connectivity index (χ2n) is 19.6. The van der Waals surface area contributed by atoms with Crippen LogP contribution in [-0.2, 0) is 47.5 Å². The highest BCUT2D eigenvalue weighted by Crippen LogP contribution is 2.42. The van der Waals surface area contributed by atoms with Gasteiger partial charge in [0.2, 0.25) is 0 Å². The van der Waals surface area contributed by atoms with Crippen LogP contribution in [-0.4, -0.2) is 201 Å². The number of aliphatic hydroxyl groups excluding tert-OH is 2. The maximum atomic E-state index is 14.5. The van der Waals surface area contributed by atoms with Gasteiger partial charge in [-0.25, -0.2) is 0 Å². The molecule has 4 rings (SSSR count). The number of esters is 1. The van der Waals surface area contributed by atoms with Crippen molar-refractivity contribution >= 4 is 11.8 Å². The van der Waals surface area contributed by atoms with Crippen molar-refractivity contribution < 1.29 is 62.8 Å². The molecule has 0 aromatic carbocycles. The van der Waals surface area contributed by atoms with Gasteiger partial charge in [-0.2, -0.15) is 0 Å². The summed E-state index contributed by atoms with van der Waals surface area (Å²) >= 11 is 0. The fourth-order valence-electron chi connectivity index (χ4n) is 10.4. The van der Waals surface area contributed by atoms with E-state index in [0.717, 1.165) is 32.6 Å². The number of ether oxygens (including phenoxy) is 8. The van der Waals surface area contributed by atoms with E-state index >= 15 is 0 Å². The highest BCUT2D eigenvalue weighted by atomic mass is 16.7. The largest absolute Gasteiger partial charge is 0.459 e. The summed E-state index contributed by atoms with van der Waals surface area (Å²) in [7, 11) is 9.32. The maximum absolute atomic E-state index is 14.5. The molecule has 0 saturated carbocycles. The van der Waals surface area contributed by atoms with Crippen molar-refractivity contribution in [1.29, 1.82) is 0 Å². The zero-order valence-corrected chi connectivity index (χ0v) is 40.0. The smallest absolute Gasteiger partial charge is 0.311 e. The van der Waals surface area contributed by atoms with Crippen LogP contribution in [0.15, 0.2) is 0 Å². The molecule has 4 saturated heterocycles. The van der Waals surface area contributed by atoms with Gasteiger partial charge in [-0.3, -0.25) is 19.4 Å². The Labute approximate surface area is 366 Å². The van der Waals surface area contributed by atoms with Gasteiger partial charge in [0, 0.05) is 70.6 Å². The lowest BCUT2D eigenvalue weighted by atomic mass is 9.73. The molecule has 0 unspecified atom stereocenters. The average molecular weight is 874 g/mol. The lowest BCUT2D eigenvalue weighted by Gasteiger charge is -2.53. The van der Waals surface area contributed by atoms with E-state index in [2.05, 4.69) is 28.7 Å². The molecule has 61 heavy (non-hydrogen) atoms. The average Bonchev–Trinajstić information content (AvgIpc) is 3.22. The van der Waals surface area contributed by atoms with Gasteiger partial charge in [0.05, 0.1) is 66.9 Å². The van der Waals surface area contributed by atoms with Gasteiger partial charge >= 0.3 is 5.97 Å². The minimum Gasteiger partial charge on any atom is -0.459 e. The Balaban J connectivity index is 1.91. The van der Waals surface area contributed by atoms with E-state index in [1.807, 2.05) is 27.9 Å². The first-order chi connectivity index (χ1) is 28.5. The topological polar surface area (TPSA) is 178 Å². The van der Waals surface area contributed by atoms with E-state index in [9.17, 15) is 24.9 Å². The summed E-state index contributed by atoms with van der Waals surface area (Å²) in [5, 5.41) is 34.5. The molecule has 16 nitrogen and oxygen atoms in total. The number of likely N-dealkylation sites (N-methyl/N-ethyl adjacent to an activating group) is 2. The first kappa shape index (κ1) is 52.2. The molecule has 3 N–H and O–H groups in total. The predicted molar refractivity (Wildman–Crippen MR) is 229 cm³/mol. The third-order valence-corrected chi connectivity index (χ3v) is 14.5. The fourth-order valence-corrected chi connectivity index (χ4v) is 10.4. The molecule has 18 atom stereocenters. The number of methoxy groups -OCH3 is 2. The quantitative estimate of drug-likeness (QED) is 0.244. The summed E-state index contributed by atoms with van der Waals surface area (Å²) < 4.78 is 51.7. The van der Waals surface area contributed by atoms with Gasteiger partial charge in [-0.15, -0.1) is 0 Å². The van der Waals surface area contributed by atoms with E-state index in [1.54, 1.807) is 48.7 Å². The molecule has 16 heteroatoms. The van der Waals surface area contributed by atoms with Gasteiger partial charge in [-0.05, 0) is 81.9 Å². The zero-order valence-electron chi connectivity index (χ0n) is 40.0. The van der Waals surface area contributed by atoms with Crippen molar-refractivity contribution in [3.05, 3.63) is 0 Å². The SMILES string of the molecule is CC[C@H]1OC(=O)[C@H](C)[C@@H](O[C@H]2C[C@@](C)(OC)[C@@H](O)[C@H](C)O2)[C@H](C)[C@@H](O[C@@H]2O[C@H](C)C[C@@H](N3CCOCC3)[C@@H]2N(C)CCN(C)C)[C@@](C)(OC)C[C@@H](C)C(=O)[C@H](C)[C@@H](O)[C@]1(C)O. The Kier molecular flexibility index (Phi) is 18.6. The van der Waals surface area contributed by atoms with E-state index in [-0.39, 0.29) is 43.2 Å². The van der Waals surface area contributed by atoms with Crippen molar-refractivity contribution in [3.63, 3.8) is 0 Å². The number of carbonyl (C=O) groups is 2. The minimum atomic E-state index is -1.96. The summed E-state index contributed by atoms with van der Waals surface area (Å²) in [6.07, 6.45) is -6.75. The summed E-state index contributed by atoms with van der Waals surface area (Å²) in [5.74, 6) is -4.25. The molecule has 356 valence electrons. The summed E-state index contributed by atoms with van der Waals surface area (Å²) in [6.45, 7) is 22.1. The number of Topliss-reactive ketones (excluding diaryl/α,β-unsaturated/α-hetero) is 1. The molecule has 0 aliphatic carbocycles. The van der Waals surface area contributed by atoms with Crippen molar-refractivity contribution in [3.8, 4) is 0 Å². The van der Waals surface area contributed by atoms with E-state index in [4.69, 9.17) is 37.9 Å². The van der Waals surface area contributed by atoms with Crippen LogP contribution < -0.4 is 0 Å². The van der Waals surface area contributed by atoms with Crippen LogP contribution in [0.2, 0.25) is 0 Å². The van der Waals surface area contributed by atoms with Gasteiger partial charge in [0.15, 0.2) is 12.6 Å². The number of aliphatic hydroxyl groups is 3. The zero-order chi connectivity index (χ0) is 45.8. The van der Waals surface area contributed by atoms with Crippen LogP contribution in [0.5, 0.6) is 0 Å². The number of hydrogen-bond donors (Lipinski definition) is 3. The highest BCUT2D eigenvalue weighted by Gasteiger charge is 2.54. The third kappa shape index (κ3) is 11.9. The molecule has 0 aromatic rings. The standard InChI is InChI=1S/C45H83N3O13/c1-16-33-45(10,53)38(50)28(4)36(49)26(2)24-44(9,55-15)40(29(5)37(30(6)41(52)59-33)60-34-25-43(8,54-14)39(51)31(7)58-34)61-42-35(47(13)18-17-46(11)12)32(23-27(3)57-42)48-19-21-56-22-20-48/h26-35,37-40,42,50-51,53H,16-25H2,1-15H3/t26-,27-,28+,29+,30-,31+,32-,33-,34+,35+,37+,38-,39+,40-,42+,43-,44+,45-/m1/s1. The first-order valence-electron chi connectivity index (χ1n) is 22.7. The predicted octanol–water partition coefficient (Wildman–Crippen LogP) is 2.71. The Morgan fingerprint density at radius 2 is 1.46 bits per heavy atom. The Bertz CT molecular complexity index is 1400. The number of carbonyl (C=O) groups excluding carboxylic acids is 2. The number of nitrogens with zero attached hydrogens (tertiary/aromatic N) is 3. The van der Waals surface area contributed by atoms with E-state index < -0.39 is 95.6 Å². The van der Waals surface area contributed by atoms with Crippen LogP contribution >= 0.6 is 0 Å². The Morgan fingerprint density at radius 3 is 2.03 bits per heavy atom. The second-order valence-corrected chi connectivity index (χ2v) is 19.6. The van der Waals surface area contributed by atoms with Crippen LogP contribution in [0.25, 0.3) is 0 Å². The summed E-state index contributed by atoms with van der Waals surface area (Å²) in [4.78, 5) is 35.7. The van der Waals surface area contributed by atoms with Gasteiger partial charge in [0.25, 0.3) is 0 Å². The third-order valence-electron chi connectivity index (χ3n) is 14.5. The number of cyclic esters (lactones) is 1. The molecular weight excluding hydrogens is 791 g/mol. The maximum Gasteiger partial charge on any atom is 0.311 e. The summed E-state index contributed by atoms with van der Waals surface area (Å²) in [6, 6.07) is -0.170. The first-order valence-corrected chi connectivity index (χ1v) is 22.7. The minimum absolute atomic E-state index is 0.0604. The van der Waals surface area contributed by atoms with Gasteiger partial charge in [0.1, 0.15) is 23.6 Å².